The maximum atomic E-state index is 12.1. The van der Waals surface area contributed by atoms with Gasteiger partial charge >= 0.3 is 0 Å². The first-order valence-corrected chi connectivity index (χ1v) is 7.77. The summed E-state index contributed by atoms with van der Waals surface area (Å²) >= 11 is 0. The Kier molecular flexibility index (Phi) is 4.86. The van der Waals surface area contributed by atoms with Gasteiger partial charge in [-0.05, 0) is 29.7 Å². The lowest BCUT2D eigenvalue weighted by Crippen LogP contribution is -2.44. The van der Waals surface area contributed by atoms with E-state index in [1.807, 2.05) is 59.6 Å². The minimum Gasteiger partial charge on any atom is -0.384 e. The molecule has 4 heteroatoms. The zero-order valence-electron chi connectivity index (χ0n) is 12.9. The summed E-state index contributed by atoms with van der Waals surface area (Å²) in [4.78, 5) is 12.1. The molecule has 0 saturated carbocycles. The second-order valence-electron chi connectivity index (χ2n) is 5.60. The number of nitrogens with one attached hydrogen (secondary N) is 1. The van der Waals surface area contributed by atoms with E-state index in [2.05, 4.69) is 5.43 Å². The number of aliphatic hydroxyl groups is 1. The zero-order chi connectivity index (χ0) is 16.1. The predicted octanol–water partition coefficient (Wildman–Crippen LogP) is 2.70. The molecule has 1 aliphatic heterocycles. The lowest BCUT2D eigenvalue weighted by atomic mass is 9.97. The standard InChI is InChI=1S/C19H20N2O2/c22-18(15-7-3-1-4-8-15)16-11-13-21(14-12-16)20-19(23)17-9-5-2-6-10-17/h1-11,18,22H,12-14H2,(H,20,23). The molecule has 2 N–H and O–H groups in total. The molecular formula is C19H20N2O2. The van der Waals surface area contributed by atoms with Crippen molar-refractivity contribution in [3.63, 3.8) is 0 Å². The summed E-state index contributed by atoms with van der Waals surface area (Å²) in [6.07, 6.45) is 2.15. The van der Waals surface area contributed by atoms with Gasteiger partial charge in [0.05, 0.1) is 0 Å². The Bertz CT molecular complexity index is 683. The highest BCUT2D eigenvalue weighted by molar-refractivity contribution is 5.93. The van der Waals surface area contributed by atoms with Crippen LogP contribution >= 0.6 is 0 Å². The summed E-state index contributed by atoms with van der Waals surface area (Å²) in [5.41, 5.74) is 5.45. The van der Waals surface area contributed by atoms with E-state index in [-0.39, 0.29) is 5.91 Å². The van der Waals surface area contributed by atoms with Crippen molar-refractivity contribution in [3.8, 4) is 0 Å². The molecule has 0 saturated heterocycles. The molecule has 0 aliphatic carbocycles. The van der Waals surface area contributed by atoms with Crippen LogP contribution in [0.5, 0.6) is 0 Å². The molecule has 0 aromatic heterocycles. The minimum atomic E-state index is -0.567. The molecule has 1 aliphatic rings. The van der Waals surface area contributed by atoms with Crippen LogP contribution in [0.2, 0.25) is 0 Å². The van der Waals surface area contributed by atoms with Gasteiger partial charge in [0.15, 0.2) is 0 Å². The smallest absolute Gasteiger partial charge is 0.265 e. The number of carbonyl (C=O) groups excluding carboxylic acids is 1. The normalized spacial score (nSPS) is 16.5. The van der Waals surface area contributed by atoms with Crippen LogP contribution in [0.4, 0.5) is 0 Å². The number of benzene rings is 2. The number of aliphatic hydroxyl groups excluding tert-OH is 1. The monoisotopic (exact) mass is 308 g/mol. The van der Waals surface area contributed by atoms with Gasteiger partial charge in [-0.2, -0.15) is 0 Å². The number of hydrogen-bond donors (Lipinski definition) is 2. The van der Waals surface area contributed by atoms with Gasteiger partial charge in [0.2, 0.25) is 0 Å². The van der Waals surface area contributed by atoms with Gasteiger partial charge in [0.1, 0.15) is 6.10 Å². The molecule has 2 aromatic carbocycles. The molecule has 0 fully saturated rings. The summed E-state index contributed by atoms with van der Waals surface area (Å²) in [6.45, 7) is 1.28. The lowest BCUT2D eigenvalue weighted by molar-refractivity contribution is 0.0794. The van der Waals surface area contributed by atoms with Crippen LogP contribution in [0.1, 0.15) is 28.4 Å². The highest BCUT2D eigenvalue weighted by Crippen LogP contribution is 2.25. The van der Waals surface area contributed by atoms with Crippen molar-refractivity contribution in [1.82, 2.24) is 10.4 Å². The number of hydrazine groups is 1. The van der Waals surface area contributed by atoms with Gasteiger partial charge in [-0.1, -0.05) is 54.6 Å². The number of hydrogen-bond acceptors (Lipinski definition) is 3. The van der Waals surface area contributed by atoms with Crippen LogP contribution in [0, 0.1) is 0 Å². The predicted molar refractivity (Wildman–Crippen MR) is 89.6 cm³/mol. The molecule has 1 atom stereocenters. The van der Waals surface area contributed by atoms with Gasteiger partial charge in [0.25, 0.3) is 5.91 Å². The minimum absolute atomic E-state index is 0.106. The van der Waals surface area contributed by atoms with Crippen molar-refractivity contribution in [3.05, 3.63) is 83.4 Å². The van der Waals surface area contributed by atoms with E-state index in [0.717, 1.165) is 17.6 Å². The Morgan fingerprint density at radius 3 is 2.30 bits per heavy atom. The van der Waals surface area contributed by atoms with Crippen molar-refractivity contribution in [2.24, 2.45) is 0 Å². The highest BCUT2D eigenvalue weighted by Gasteiger charge is 2.19. The van der Waals surface area contributed by atoms with Crippen molar-refractivity contribution < 1.29 is 9.90 Å². The van der Waals surface area contributed by atoms with Gasteiger partial charge in [0, 0.05) is 18.7 Å². The van der Waals surface area contributed by atoms with E-state index in [9.17, 15) is 9.90 Å². The molecule has 3 rings (SSSR count). The molecule has 4 nitrogen and oxygen atoms in total. The SMILES string of the molecule is O=C(NN1CC=C(C(O)c2ccccc2)CC1)c1ccccc1. The van der Waals surface area contributed by atoms with Crippen LogP contribution in [-0.4, -0.2) is 29.1 Å². The third kappa shape index (κ3) is 3.86. The fraction of sp³-hybridized carbons (Fsp3) is 0.211. The fourth-order valence-corrected chi connectivity index (χ4v) is 2.68. The third-order valence-corrected chi connectivity index (χ3v) is 4.01. The molecule has 118 valence electrons. The average Bonchev–Trinajstić information content (AvgIpc) is 2.63. The molecule has 1 amide bonds. The van der Waals surface area contributed by atoms with Crippen LogP contribution in [0.25, 0.3) is 0 Å². The van der Waals surface area contributed by atoms with E-state index < -0.39 is 6.10 Å². The second-order valence-corrected chi connectivity index (χ2v) is 5.60. The Labute approximate surface area is 136 Å². The largest absolute Gasteiger partial charge is 0.384 e. The van der Waals surface area contributed by atoms with Crippen LogP contribution in [-0.2, 0) is 0 Å². The lowest BCUT2D eigenvalue weighted by Gasteiger charge is -2.28. The number of rotatable bonds is 4. The molecular weight excluding hydrogens is 288 g/mol. The Morgan fingerprint density at radius 2 is 1.70 bits per heavy atom. The highest BCUT2D eigenvalue weighted by atomic mass is 16.3. The zero-order valence-corrected chi connectivity index (χ0v) is 12.9. The van der Waals surface area contributed by atoms with Crippen molar-refractivity contribution in [1.29, 1.82) is 0 Å². The molecule has 0 bridgehead atoms. The number of carbonyl (C=O) groups is 1. The molecule has 2 aromatic rings. The summed E-state index contributed by atoms with van der Waals surface area (Å²) < 4.78 is 0. The van der Waals surface area contributed by atoms with Crippen molar-refractivity contribution >= 4 is 5.91 Å². The molecule has 23 heavy (non-hydrogen) atoms. The van der Waals surface area contributed by atoms with E-state index in [1.165, 1.54) is 0 Å². The summed E-state index contributed by atoms with van der Waals surface area (Å²) in [7, 11) is 0. The first-order chi connectivity index (χ1) is 11.2. The summed E-state index contributed by atoms with van der Waals surface area (Å²) in [5.74, 6) is -0.106. The quantitative estimate of drug-likeness (QED) is 0.854. The molecule has 0 radical (unpaired) electrons. The van der Waals surface area contributed by atoms with E-state index >= 15 is 0 Å². The van der Waals surface area contributed by atoms with Crippen LogP contribution in [0.3, 0.4) is 0 Å². The fourth-order valence-electron chi connectivity index (χ4n) is 2.68. The average molecular weight is 308 g/mol. The number of nitrogens with zero attached hydrogens (tertiary/aromatic N) is 1. The van der Waals surface area contributed by atoms with E-state index in [4.69, 9.17) is 0 Å². The van der Waals surface area contributed by atoms with Crippen LogP contribution in [0.15, 0.2) is 72.3 Å². The summed E-state index contributed by atoms with van der Waals surface area (Å²) in [6, 6.07) is 18.8. The Morgan fingerprint density at radius 1 is 1.04 bits per heavy atom. The van der Waals surface area contributed by atoms with Crippen LogP contribution < -0.4 is 5.43 Å². The Balaban J connectivity index is 1.59. The van der Waals surface area contributed by atoms with Gasteiger partial charge < -0.3 is 5.11 Å². The van der Waals surface area contributed by atoms with E-state index in [1.54, 1.807) is 12.1 Å². The van der Waals surface area contributed by atoms with Gasteiger partial charge in [-0.25, -0.2) is 5.01 Å². The maximum Gasteiger partial charge on any atom is 0.265 e. The first kappa shape index (κ1) is 15.5. The molecule has 1 unspecified atom stereocenters. The van der Waals surface area contributed by atoms with Gasteiger partial charge in [-0.3, -0.25) is 10.2 Å². The first-order valence-electron chi connectivity index (χ1n) is 7.77. The van der Waals surface area contributed by atoms with E-state index in [0.29, 0.717) is 18.7 Å². The third-order valence-electron chi connectivity index (χ3n) is 4.01. The number of amides is 1. The second kappa shape index (κ2) is 7.22. The maximum absolute atomic E-state index is 12.1. The topological polar surface area (TPSA) is 52.6 Å². The van der Waals surface area contributed by atoms with Crippen molar-refractivity contribution in [2.45, 2.75) is 12.5 Å². The van der Waals surface area contributed by atoms with Crippen molar-refractivity contribution in [2.75, 3.05) is 13.1 Å². The summed E-state index contributed by atoms with van der Waals surface area (Å²) in [5, 5.41) is 12.3. The molecule has 0 spiro atoms. The Hall–Kier alpha value is -2.43. The van der Waals surface area contributed by atoms with Gasteiger partial charge in [-0.15, -0.1) is 0 Å². The molecule has 1 heterocycles.